The number of hydrogen-bond acceptors (Lipinski definition) is 5. The van der Waals surface area contributed by atoms with Gasteiger partial charge in [-0.2, -0.15) is 0 Å². The van der Waals surface area contributed by atoms with Gasteiger partial charge in [-0.05, 0) is 48.9 Å². The summed E-state index contributed by atoms with van der Waals surface area (Å²) >= 11 is 1.14. The number of aryl methyl sites for hydroxylation is 1. The van der Waals surface area contributed by atoms with E-state index in [9.17, 15) is 19.7 Å². The Morgan fingerprint density at radius 1 is 1.27 bits per heavy atom. The monoisotopic (exact) mass is 369 g/mol. The summed E-state index contributed by atoms with van der Waals surface area (Å²) < 4.78 is 2.49. The minimum absolute atomic E-state index is 0.00193. The molecule has 1 amide bonds. The van der Waals surface area contributed by atoms with Crippen molar-refractivity contribution < 1.29 is 9.72 Å². The molecule has 0 aliphatic carbocycles. The van der Waals surface area contributed by atoms with Gasteiger partial charge >= 0.3 is 4.87 Å². The zero-order chi connectivity index (χ0) is 18.7. The summed E-state index contributed by atoms with van der Waals surface area (Å²) in [6.07, 6.45) is 2.93. The summed E-state index contributed by atoms with van der Waals surface area (Å²) in [5.74, 6) is -0.329. The van der Waals surface area contributed by atoms with Crippen LogP contribution in [0, 0.1) is 10.1 Å². The van der Waals surface area contributed by atoms with Crippen LogP contribution in [0.1, 0.15) is 12.5 Å². The first-order valence-corrected chi connectivity index (χ1v) is 8.66. The predicted molar refractivity (Wildman–Crippen MR) is 103 cm³/mol. The van der Waals surface area contributed by atoms with Crippen molar-refractivity contribution >= 4 is 44.9 Å². The Balaban J connectivity index is 1.72. The number of thiazole rings is 1. The van der Waals surface area contributed by atoms with Crippen molar-refractivity contribution in [1.29, 1.82) is 0 Å². The number of benzene rings is 2. The van der Waals surface area contributed by atoms with Crippen LogP contribution in [0.5, 0.6) is 0 Å². The fourth-order valence-corrected chi connectivity index (χ4v) is 3.50. The Bertz CT molecular complexity index is 1060. The van der Waals surface area contributed by atoms with Gasteiger partial charge < -0.3 is 5.32 Å². The first-order chi connectivity index (χ1) is 12.5. The van der Waals surface area contributed by atoms with E-state index < -0.39 is 4.92 Å². The molecule has 0 atom stereocenters. The van der Waals surface area contributed by atoms with Crippen molar-refractivity contribution in [3.63, 3.8) is 0 Å². The largest absolute Gasteiger partial charge is 0.322 e. The molecule has 0 aliphatic rings. The van der Waals surface area contributed by atoms with Gasteiger partial charge in [-0.1, -0.05) is 11.3 Å². The second-order valence-corrected chi connectivity index (χ2v) is 6.46. The van der Waals surface area contributed by atoms with Gasteiger partial charge in [-0.3, -0.25) is 24.3 Å². The van der Waals surface area contributed by atoms with Gasteiger partial charge in [0.2, 0.25) is 5.91 Å². The first kappa shape index (κ1) is 17.6. The third-order valence-corrected chi connectivity index (χ3v) is 4.72. The van der Waals surface area contributed by atoms with E-state index in [2.05, 4.69) is 5.32 Å². The van der Waals surface area contributed by atoms with Gasteiger partial charge in [0.05, 0.1) is 15.1 Å². The highest BCUT2D eigenvalue weighted by molar-refractivity contribution is 7.16. The van der Waals surface area contributed by atoms with Crippen LogP contribution in [0.3, 0.4) is 0 Å². The summed E-state index contributed by atoms with van der Waals surface area (Å²) in [4.78, 5) is 34.0. The summed E-state index contributed by atoms with van der Waals surface area (Å²) in [5.41, 5.74) is 2.12. The van der Waals surface area contributed by atoms with Gasteiger partial charge in [-0.25, -0.2) is 0 Å². The Kier molecular flexibility index (Phi) is 4.94. The SMILES string of the molecule is CCn1c(=O)sc2cc(NC(=O)/C=C/c3ccc([N+](=O)[O-])cc3)ccc21. The van der Waals surface area contributed by atoms with Crippen LogP contribution < -0.4 is 10.2 Å². The fourth-order valence-electron chi connectivity index (χ4n) is 2.51. The number of nitrogens with one attached hydrogen (secondary N) is 1. The number of nitro benzene ring substituents is 1. The molecule has 3 aromatic rings. The lowest BCUT2D eigenvalue weighted by molar-refractivity contribution is -0.384. The molecule has 0 aliphatic heterocycles. The molecule has 1 aromatic heterocycles. The van der Waals surface area contributed by atoms with Crippen LogP contribution in [0.25, 0.3) is 16.3 Å². The lowest BCUT2D eigenvalue weighted by Crippen LogP contribution is -2.10. The highest BCUT2D eigenvalue weighted by Gasteiger charge is 2.07. The maximum Gasteiger partial charge on any atom is 0.308 e. The lowest BCUT2D eigenvalue weighted by atomic mass is 10.2. The molecule has 7 nitrogen and oxygen atoms in total. The minimum atomic E-state index is -0.476. The Hall–Kier alpha value is -3.26. The molecule has 26 heavy (non-hydrogen) atoms. The summed E-state index contributed by atoms with van der Waals surface area (Å²) in [6.45, 7) is 2.51. The molecule has 1 heterocycles. The van der Waals surface area contributed by atoms with Crippen LogP contribution in [-0.4, -0.2) is 15.4 Å². The van der Waals surface area contributed by atoms with Crippen molar-refractivity contribution in [2.45, 2.75) is 13.5 Å². The van der Waals surface area contributed by atoms with Gasteiger partial charge in [-0.15, -0.1) is 0 Å². The van der Waals surface area contributed by atoms with Crippen LogP contribution in [0.4, 0.5) is 11.4 Å². The number of carbonyl (C=O) groups is 1. The third-order valence-electron chi connectivity index (χ3n) is 3.78. The van der Waals surface area contributed by atoms with Crippen molar-refractivity contribution in [2.75, 3.05) is 5.32 Å². The van der Waals surface area contributed by atoms with Crippen LogP contribution in [0.2, 0.25) is 0 Å². The smallest absolute Gasteiger partial charge is 0.308 e. The zero-order valence-corrected chi connectivity index (χ0v) is 14.7. The van der Waals surface area contributed by atoms with Crippen LogP contribution in [-0.2, 0) is 11.3 Å². The summed E-state index contributed by atoms with van der Waals surface area (Å²) in [5, 5.41) is 13.4. The number of fused-ring (bicyclic) bond motifs is 1. The molecule has 8 heteroatoms. The number of rotatable bonds is 5. The second-order valence-electron chi connectivity index (χ2n) is 5.47. The molecule has 0 fully saturated rings. The topological polar surface area (TPSA) is 94.2 Å². The van der Waals surface area contributed by atoms with E-state index in [1.165, 1.54) is 18.2 Å². The molecule has 0 unspecified atom stereocenters. The number of anilines is 1. The molecule has 0 spiro atoms. The summed E-state index contributed by atoms with van der Waals surface area (Å²) in [7, 11) is 0. The molecule has 0 radical (unpaired) electrons. The van der Waals surface area contributed by atoms with Crippen LogP contribution in [0.15, 0.2) is 53.3 Å². The maximum absolute atomic E-state index is 12.1. The van der Waals surface area contributed by atoms with Crippen molar-refractivity contribution in [2.24, 2.45) is 0 Å². The quantitative estimate of drug-likeness (QED) is 0.422. The van der Waals surface area contributed by atoms with Gasteiger partial charge in [0.15, 0.2) is 0 Å². The molecule has 132 valence electrons. The average Bonchev–Trinajstić information content (AvgIpc) is 2.94. The highest BCUT2D eigenvalue weighted by atomic mass is 32.1. The van der Waals surface area contributed by atoms with E-state index in [4.69, 9.17) is 0 Å². The molecule has 3 rings (SSSR count). The van der Waals surface area contributed by atoms with Gasteiger partial charge in [0.1, 0.15) is 0 Å². The van der Waals surface area contributed by atoms with Gasteiger partial charge in [0.25, 0.3) is 5.69 Å². The summed E-state index contributed by atoms with van der Waals surface area (Å²) in [6, 6.07) is 11.2. The molecule has 2 aromatic carbocycles. The normalized spacial score (nSPS) is 11.1. The van der Waals surface area contributed by atoms with E-state index in [-0.39, 0.29) is 16.5 Å². The average molecular weight is 369 g/mol. The number of aromatic nitrogens is 1. The molecular formula is C18H15N3O4S. The minimum Gasteiger partial charge on any atom is -0.322 e. The maximum atomic E-state index is 12.1. The van der Waals surface area contributed by atoms with E-state index in [0.717, 1.165) is 21.6 Å². The standard InChI is InChI=1S/C18H15N3O4S/c1-2-20-15-9-6-13(11-16(15)26-18(20)23)19-17(22)10-5-12-3-7-14(8-4-12)21(24)25/h3-11H,2H2,1H3,(H,19,22)/b10-5+. The Morgan fingerprint density at radius 3 is 2.65 bits per heavy atom. The van der Waals surface area contributed by atoms with E-state index in [1.54, 1.807) is 34.9 Å². The van der Waals surface area contributed by atoms with Crippen molar-refractivity contribution in [3.05, 3.63) is 73.9 Å². The fraction of sp³-hybridized carbons (Fsp3) is 0.111. The number of carbonyl (C=O) groups excluding carboxylic acids is 1. The number of nitro groups is 1. The van der Waals surface area contributed by atoms with E-state index in [0.29, 0.717) is 17.8 Å². The number of hydrogen-bond donors (Lipinski definition) is 1. The lowest BCUT2D eigenvalue weighted by Gasteiger charge is -2.03. The number of non-ortho nitro benzene ring substituents is 1. The molecule has 0 bridgehead atoms. The van der Waals surface area contributed by atoms with Gasteiger partial charge in [0, 0.05) is 30.4 Å². The molecule has 0 saturated carbocycles. The van der Waals surface area contributed by atoms with E-state index in [1.807, 2.05) is 13.0 Å². The third kappa shape index (κ3) is 3.70. The number of nitrogens with zero attached hydrogens (tertiary/aromatic N) is 2. The van der Waals surface area contributed by atoms with Crippen molar-refractivity contribution in [1.82, 2.24) is 4.57 Å². The molecule has 0 saturated heterocycles. The molecule has 1 N–H and O–H groups in total. The Morgan fingerprint density at radius 2 is 2.00 bits per heavy atom. The highest BCUT2D eigenvalue weighted by Crippen LogP contribution is 2.22. The van der Waals surface area contributed by atoms with Crippen LogP contribution >= 0.6 is 11.3 Å². The van der Waals surface area contributed by atoms with E-state index >= 15 is 0 Å². The first-order valence-electron chi connectivity index (χ1n) is 7.85. The predicted octanol–water partition coefficient (Wildman–Crippen LogP) is 3.64. The second kappa shape index (κ2) is 7.32. The molecular weight excluding hydrogens is 354 g/mol. The zero-order valence-electron chi connectivity index (χ0n) is 13.8. The van der Waals surface area contributed by atoms with Crippen molar-refractivity contribution in [3.8, 4) is 0 Å². The number of amides is 1. The Labute approximate surface area is 152 Å².